The Balaban J connectivity index is 1.49. The molecule has 1 N–H and O–H groups in total. The van der Waals surface area contributed by atoms with Gasteiger partial charge >= 0.3 is 0 Å². The Morgan fingerprint density at radius 3 is 2.67 bits per heavy atom. The Hall–Kier alpha value is -0.650. The lowest BCUT2D eigenvalue weighted by Gasteiger charge is -2.40. The molecular formula is C16H28N4S. The van der Waals surface area contributed by atoms with Gasteiger partial charge in [0.2, 0.25) is 0 Å². The second kappa shape index (κ2) is 7.56. The SMILES string of the molecule is CCNCc1cnc(N2CCC(N3CCCCC3)CC2)s1. The van der Waals surface area contributed by atoms with Gasteiger partial charge in [0.15, 0.2) is 5.13 Å². The molecule has 0 saturated carbocycles. The van der Waals surface area contributed by atoms with Gasteiger partial charge in [0, 0.05) is 36.8 Å². The topological polar surface area (TPSA) is 31.4 Å². The first-order valence-electron chi connectivity index (χ1n) is 8.51. The van der Waals surface area contributed by atoms with E-state index in [1.165, 1.54) is 68.3 Å². The summed E-state index contributed by atoms with van der Waals surface area (Å²) in [5, 5.41) is 4.60. The van der Waals surface area contributed by atoms with Crippen LogP contribution in [0.15, 0.2) is 6.20 Å². The molecule has 0 atom stereocenters. The maximum atomic E-state index is 4.62. The first-order chi connectivity index (χ1) is 10.4. The van der Waals surface area contributed by atoms with Crippen molar-refractivity contribution >= 4 is 16.5 Å². The van der Waals surface area contributed by atoms with Crippen molar-refractivity contribution in [3.05, 3.63) is 11.1 Å². The van der Waals surface area contributed by atoms with Crippen LogP contribution in [0, 0.1) is 0 Å². The molecule has 2 saturated heterocycles. The van der Waals surface area contributed by atoms with Crippen LogP contribution in [0.3, 0.4) is 0 Å². The molecule has 0 aliphatic carbocycles. The zero-order valence-corrected chi connectivity index (χ0v) is 14.0. The summed E-state index contributed by atoms with van der Waals surface area (Å²) in [5.41, 5.74) is 0. The summed E-state index contributed by atoms with van der Waals surface area (Å²) in [7, 11) is 0. The minimum atomic E-state index is 0.822. The molecule has 2 aliphatic rings. The number of rotatable bonds is 5. The fourth-order valence-corrected chi connectivity index (χ4v) is 4.41. The van der Waals surface area contributed by atoms with Gasteiger partial charge in [-0.25, -0.2) is 4.98 Å². The van der Waals surface area contributed by atoms with Gasteiger partial charge in [-0.1, -0.05) is 13.3 Å². The van der Waals surface area contributed by atoms with Crippen LogP contribution < -0.4 is 10.2 Å². The third kappa shape index (κ3) is 3.96. The zero-order valence-electron chi connectivity index (χ0n) is 13.2. The van der Waals surface area contributed by atoms with Crippen molar-refractivity contribution in [3.63, 3.8) is 0 Å². The maximum absolute atomic E-state index is 4.62. The minimum Gasteiger partial charge on any atom is -0.348 e. The van der Waals surface area contributed by atoms with Gasteiger partial charge in [0.1, 0.15) is 0 Å². The van der Waals surface area contributed by atoms with Crippen molar-refractivity contribution in [1.82, 2.24) is 15.2 Å². The highest BCUT2D eigenvalue weighted by Gasteiger charge is 2.26. The predicted molar refractivity (Wildman–Crippen MR) is 90.2 cm³/mol. The van der Waals surface area contributed by atoms with E-state index < -0.39 is 0 Å². The Morgan fingerprint density at radius 2 is 1.95 bits per heavy atom. The van der Waals surface area contributed by atoms with E-state index in [9.17, 15) is 0 Å². The van der Waals surface area contributed by atoms with Gasteiger partial charge in [-0.15, -0.1) is 11.3 Å². The molecule has 2 fully saturated rings. The molecule has 0 amide bonds. The lowest BCUT2D eigenvalue weighted by molar-refractivity contribution is 0.141. The van der Waals surface area contributed by atoms with Crippen LogP contribution in [0.2, 0.25) is 0 Å². The Morgan fingerprint density at radius 1 is 1.19 bits per heavy atom. The lowest BCUT2D eigenvalue weighted by atomic mass is 10.0. The van der Waals surface area contributed by atoms with Crippen molar-refractivity contribution in [3.8, 4) is 0 Å². The first-order valence-corrected chi connectivity index (χ1v) is 9.33. The van der Waals surface area contributed by atoms with Crippen LogP contribution >= 0.6 is 11.3 Å². The molecule has 0 radical (unpaired) electrons. The van der Waals surface area contributed by atoms with Crippen LogP contribution in [0.5, 0.6) is 0 Å². The third-order valence-corrected chi connectivity index (χ3v) is 5.79. The van der Waals surface area contributed by atoms with Crippen LogP contribution in [0.4, 0.5) is 5.13 Å². The monoisotopic (exact) mass is 308 g/mol. The number of anilines is 1. The first kappa shape index (κ1) is 15.3. The number of thiazole rings is 1. The quantitative estimate of drug-likeness (QED) is 0.906. The fourth-order valence-electron chi connectivity index (χ4n) is 3.48. The van der Waals surface area contributed by atoms with E-state index in [-0.39, 0.29) is 0 Å². The molecule has 1 aromatic heterocycles. The van der Waals surface area contributed by atoms with E-state index in [2.05, 4.69) is 27.0 Å². The summed E-state index contributed by atoms with van der Waals surface area (Å²) in [5.74, 6) is 0. The van der Waals surface area contributed by atoms with Crippen LogP contribution in [-0.2, 0) is 6.54 Å². The molecule has 4 nitrogen and oxygen atoms in total. The van der Waals surface area contributed by atoms with Gasteiger partial charge in [-0.3, -0.25) is 0 Å². The van der Waals surface area contributed by atoms with Crippen molar-refractivity contribution < 1.29 is 0 Å². The average Bonchev–Trinajstić information content (AvgIpc) is 3.03. The summed E-state index contributed by atoms with van der Waals surface area (Å²) >= 11 is 1.85. The molecule has 118 valence electrons. The van der Waals surface area contributed by atoms with Crippen molar-refractivity contribution in [2.45, 2.75) is 51.6 Å². The molecule has 5 heteroatoms. The molecule has 0 unspecified atom stereocenters. The highest BCUT2D eigenvalue weighted by atomic mass is 32.1. The summed E-state index contributed by atoms with van der Waals surface area (Å²) in [6.45, 7) is 9.13. The zero-order chi connectivity index (χ0) is 14.5. The van der Waals surface area contributed by atoms with E-state index in [0.717, 1.165) is 19.1 Å². The second-order valence-corrected chi connectivity index (χ2v) is 7.30. The van der Waals surface area contributed by atoms with E-state index in [1.807, 2.05) is 17.5 Å². The average molecular weight is 308 g/mol. The Bertz CT molecular complexity index is 420. The molecule has 1 aromatic rings. The van der Waals surface area contributed by atoms with Gasteiger partial charge < -0.3 is 15.1 Å². The molecule has 0 bridgehead atoms. The number of piperidine rings is 2. The predicted octanol–water partition coefficient (Wildman–Crippen LogP) is 2.71. The Labute approximate surface area is 132 Å². The standard InChI is InChI=1S/C16H28N4S/c1-2-17-12-15-13-18-16(21-15)20-10-6-14(7-11-20)19-8-4-3-5-9-19/h13-14,17H,2-12H2,1H3. The minimum absolute atomic E-state index is 0.822. The number of nitrogens with zero attached hydrogens (tertiary/aromatic N) is 3. The molecule has 0 aromatic carbocycles. The Kier molecular flexibility index (Phi) is 5.49. The summed E-state index contributed by atoms with van der Waals surface area (Å²) in [6.07, 6.45) is 8.90. The van der Waals surface area contributed by atoms with Crippen LogP contribution in [-0.4, -0.2) is 48.6 Å². The third-order valence-electron chi connectivity index (χ3n) is 4.73. The lowest BCUT2D eigenvalue weighted by Crippen LogP contribution is -2.46. The number of hydrogen-bond donors (Lipinski definition) is 1. The highest BCUT2D eigenvalue weighted by Crippen LogP contribution is 2.27. The van der Waals surface area contributed by atoms with E-state index in [4.69, 9.17) is 0 Å². The smallest absolute Gasteiger partial charge is 0.185 e. The van der Waals surface area contributed by atoms with E-state index in [0.29, 0.717) is 0 Å². The van der Waals surface area contributed by atoms with Gasteiger partial charge in [-0.05, 0) is 45.3 Å². The number of nitrogens with one attached hydrogen (secondary N) is 1. The molecular weight excluding hydrogens is 280 g/mol. The van der Waals surface area contributed by atoms with Crippen molar-refractivity contribution in [1.29, 1.82) is 0 Å². The largest absolute Gasteiger partial charge is 0.348 e. The molecule has 0 spiro atoms. The van der Waals surface area contributed by atoms with Gasteiger partial charge in [-0.2, -0.15) is 0 Å². The van der Waals surface area contributed by atoms with E-state index >= 15 is 0 Å². The maximum Gasteiger partial charge on any atom is 0.185 e. The molecule has 3 rings (SSSR count). The van der Waals surface area contributed by atoms with Crippen LogP contribution in [0.1, 0.15) is 43.9 Å². The van der Waals surface area contributed by atoms with Crippen molar-refractivity contribution in [2.24, 2.45) is 0 Å². The van der Waals surface area contributed by atoms with E-state index in [1.54, 1.807) is 0 Å². The highest BCUT2D eigenvalue weighted by molar-refractivity contribution is 7.15. The summed E-state index contributed by atoms with van der Waals surface area (Å²) < 4.78 is 0. The summed E-state index contributed by atoms with van der Waals surface area (Å²) in [6, 6.07) is 0.822. The summed E-state index contributed by atoms with van der Waals surface area (Å²) in [4.78, 5) is 11.2. The van der Waals surface area contributed by atoms with Crippen LogP contribution in [0.25, 0.3) is 0 Å². The number of likely N-dealkylation sites (tertiary alicyclic amines) is 1. The molecule has 21 heavy (non-hydrogen) atoms. The molecule has 3 heterocycles. The van der Waals surface area contributed by atoms with Gasteiger partial charge in [0.25, 0.3) is 0 Å². The van der Waals surface area contributed by atoms with Gasteiger partial charge in [0.05, 0.1) is 0 Å². The number of hydrogen-bond acceptors (Lipinski definition) is 5. The molecule has 2 aliphatic heterocycles. The normalized spacial score (nSPS) is 21.9. The number of aromatic nitrogens is 1. The fraction of sp³-hybridized carbons (Fsp3) is 0.812. The van der Waals surface area contributed by atoms with Crippen molar-refractivity contribution in [2.75, 3.05) is 37.6 Å². The second-order valence-electron chi connectivity index (χ2n) is 6.20.